The molecule has 1 unspecified atom stereocenters. The monoisotopic (exact) mass is 303 g/mol. The number of hydrogen-bond acceptors (Lipinski definition) is 3. The van der Waals surface area contributed by atoms with Gasteiger partial charge in [-0.1, -0.05) is 36.8 Å². The van der Waals surface area contributed by atoms with Crippen LogP contribution in [0, 0.1) is 6.92 Å². The molecule has 0 aliphatic heterocycles. The average Bonchev–Trinajstić information content (AvgIpc) is 2.45. The first-order chi connectivity index (χ1) is 9.90. The Morgan fingerprint density at radius 2 is 1.57 bits per heavy atom. The van der Waals surface area contributed by atoms with Gasteiger partial charge in [0.15, 0.2) is 9.84 Å². The molecule has 0 fully saturated rings. The van der Waals surface area contributed by atoms with Crippen molar-refractivity contribution in [1.82, 2.24) is 0 Å². The standard InChI is InChI=1S/C17H21NO2S/c1-4-17(14-7-5-13(2)6-8-14)18-15-9-11-16(12-10-15)21(3,19)20/h5-12,17-18H,4H2,1-3H3. The van der Waals surface area contributed by atoms with Gasteiger partial charge >= 0.3 is 0 Å². The third kappa shape index (κ3) is 4.08. The van der Waals surface area contributed by atoms with Gasteiger partial charge in [0, 0.05) is 11.9 Å². The van der Waals surface area contributed by atoms with E-state index in [2.05, 4.69) is 43.4 Å². The van der Waals surface area contributed by atoms with E-state index in [4.69, 9.17) is 0 Å². The highest BCUT2D eigenvalue weighted by atomic mass is 32.2. The quantitative estimate of drug-likeness (QED) is 0.909. The van der Waals surface area contributed by atoms with E-state index < -0.39 is 9.84 Å². The van der Waals surface area contributed by atoms with Crippen molar-refractivity contribution in [2.45, 2.75) is 31.2 Å². The minimum Gasteiger partial charge on any atom is -0.378 e. The van der Waals surface area contributed by atoms with Gasteiger partial charge in [-0.15, -0.1) is 0 Å². The van der Waals surface area contributed by atoms with Crippen molar-refractivity contribution in [2.24, 2.45) is 0 Å². The van der Waals surface area contributed by atoms with Crippen LogP contribution in [0.3, 0.4) is 0 Å². The summed E-state index contributed by atoms with van der Waals surface area (Å²) in [6.45, 7) is 4.20. The molecule has 0 radical (unpaired) electrons. The van der Waals surface area contributed by atoms with Gasteiger partial charge in [0.2, 0.25) is 0 Å². The normalized spacial score (nSPS) is 12.9. The number of hydrogen-bond donors (Lipinski definition) is 1. The van der Waals surface area contributed by atoms with Gasteiger partial charge in [0.1, 0.15) is 0 Å². The van der Waals surface area contributed by atoms with Gasteiger partial charge in [0.05, 0.1) is 10.9 Å². The van der Waals surface area contributed by atoms with Crippen molar-refractivity contribution in [3.63, 3.8) is 0 Å². The molecule has 0 amide bonds. The van der Waals surface area contributed by atoms with Crippen LogP contribution in [0.5, 0.6) is 0 Å². The predicted octanol–water partition coefficient (Wildman–Crippen LogP) is 3.96. The molecule has 112 valence electrons. The first-order valence-corrected chi connectivity index (χ1v) is 8.92. The Morgan fingerprint density at radius 3 is 2.05 bits per heavy atom. The number of nitrogens with one attached hydrogen (secondary N) is 1. The Kier molecular flexibility index (Phi) is 4.68. The summed E-state index contributed by atoms with van der Waals surface area (Å²) in [5, 5.41) is 3.45. The molecular weight excluding hydrogens is 282 g/mol. The lowest BCUT2D eigenvalue weighted by molar-refractivity contribution is 0.602. The zero-order valence-electron chi connectivity index (χ0n) is 12.6. The fourth-order valence-corrected chi connectivity index (χ4v) is 2.85. The van der Waals surface area contributed by atoms with E-state index in [0.717, 1.165) is 12.1 Å². The van der Waals surface area contributed by atoms with Gasteiger partial charge < -0.3 is 5.32 Å². The van der Waals surface area contributed by atoms with Crippen molar-refractivity contribution in [3.8, 4) is 0 Å². The summed E-state index contributed by atoms with van der Waals surface area (Å²) >= 11 is 0. The van der Waals surface area contributed by atoms with E-state index in [0.29, 0.717) is 4.90 Å². The van der Waals surface area contributed by atoms with Crippen LogP contribution in [0.4, 0.5) is 5.69 Å². The van der Waals surface area contributed by atoms with Crippen LogP contribution in [0.1, 0.15) is 30.5 Å². The van der Waals surface area contributed by atoms with Gasteiger partial charge in [0.25, 0.3) is 0 Å². The van der Waals surface area contributed by atoms with E-state index >= 15 is 0 Å². The minimum atomic E-state index is -3.14. The van der Waals surface area contributed by atoms with E-state index in [-0.39, 0.29) is 6.04 Å². The average molecular weight is 303 g/mol. The maximum atomic E-state index is 11.5. The van der Waals surface area contributed by atoms with Crippen LogP contribution in [0.2, 0.25) is 0 Å². The molecule has 1 atom stereocenters. The molecule has 4 heteroatoms. The number of benzene rings is 2. The molecule has 2 aromatic carbocycles. The van der Waals surface area contributed by atoms with Crippen molar-refractivity contribution >= 4 is 15.5 Å². The van der Waals surface area contributed by atoms with Crippen LogP contribution >= 0.6 is 0 Å². The lowest BCUT2D eigenvalue weighted by Gasteiger charge is -2.19. The van der Waals surface area contributed by atoms with Crippen molar-refractivity contribution in [3.05, 3.63) is 59.7 Å². The van der Waals surface area contributed by atoms with Gasteiger partial charge in [-0.2, -0.15) is 0 Å². The molecule has 0 saturated heterocycles. The smallest absolute Gasteiger partial charge is 0.175 e. The SMILES string of the molecule is CCC(Nc1ccc(S(C)(=O)=O)cc1)c1ccc(C)cc1. The second-order valence-corrected chi connectivity index (χ2v) is 7.33. The van der Waals surface area contributed by atoms with Gasteiger partial charge in [-0.3, -0.25) is 0 Å². The molecule has 3 nitrogen and oxygen atoms in total. The van der Waals surface area contributed by atoms with Crippen LogP contribution in [0.15, 0.2) is 53.4 Å². The van der Waals surface area contributed by atoms with Crippen LogP contribution in [0.25, 0.3) is 0 Å². The Bertz CT molecular complexity index is 689. The number of sulfone groups is 1. The van der Waals surface area contributed by atoms with Crippen LogP contribution < -0.4 is 5.32 Å². The summed E-state index contributed by atoms with van der Waals surface area (Å²) in [4.78, 5) is 0.344. The first kappa shape index (κ1) is 15.6. The number of aryl methyl sites for hydroxylation is 1. The number of rotatable bonds is 5. The predicted molar refractivity (Wildman–Crippen MR) is 87.4 cm³/mol. The highest BCUT2D eigenvalue weighted by Crippen LogP contribution is 2.23. The topological polar surface area (TPSA) is 46.2 Å². The molecular formula is C17H21NO2S. The van der Waals surface area contributed by atoms with Crippen molar-refractivity contribution < 1.29 is 8.42 Å². The number of anilines is 1. The Balaban J connectivity index is 2.17. The Morgan fingerprint density at radius 1 is 1.00 bits per heavy atom. The minimum absolute atomic E-state index is 0.217. The van der Waals surface area contributed by atoms with Gasteiger partial charge in [-0.05, 0) is 43.2 Å². The molecule has 1 N–H and O–H groups in total. The zero-order chi connectivity index (χ0) is 15.5. The summed E-state index contributed by atoms with van der Waals surface area (Å²) in [5.74, 6) is 0. The summed E-state index contributed by atoms with van der Waals surface area (Å²) in [5.41, 5.74) is 3.40. The highest BCUT2D eigenvalue weighted by Gasteiger charge is 2.10. The lowest BCUT2D eigenvalue weighted by atomic mass is 10.0. The first-order valence-electron chi connectivity index (χ1n) is 7.03. The van der Waals surface area contributed by atoms with Crippen LogP contribution in [-0.4, -0.2) is 14.7 Å². The molecule has 0 heterocycles. The van der Waals surface area contributed by atoms with E-state index in [9.17, 15) is 8.42 Å². The largest absolute Gasteiger partial charge is 0.378 e. The molecule has 0 aliphatic carbocycles. The molecule has 0 spiro atoms. The fourth-order valence-electron chi connectivity index (χ4n) is 2.22. The summed E-state index contributed by atoms with van der Waals surface area (Å²) in [6.07, 6.45) is 2.17. The summed E-state index contributed by atoms with van der Waals surface area (Å²) in [6, 6.07) is 15.6. The molecule has 0 aliphatic rings. The summed E-state index contributed by atoms with van der Waals surface area (Å²) < 4.78 is 22.9. The second-order valence-electron chi connectivity index (χ2n) is 5.31. The van der Waals surface area contributed by atoms with E-state index in [1.807, 2.05) is 12.1 Å². The van der Waals surface area contributed by atoms with E-state index in [1.54, 1.807) is 12.1 Å². The molecule has 2 aromatic rings. The molecule has 2 rings (SSSR count). The van der Waals surface area contributed by atoms with Crippen LogP contribution in [-0.2, 0) is 9.84 Å². The van der Waals surface area contributed by atoms with Crippen molar-refractivity contribution in [1.29, 1.82) is 0 Å². The molecule has 0 saturated carbocycles. The molecule has 21 heavy (non-hydrogen) atoms. The Hall–Kier alpha value is -1.81. The maximum absolute atomic E-state index is 11.5. The van der Waals surface area contributed by atoms with Gasteiger partial charge in [-0.25, -0.2) is 8.42 Å². The summed E-state index contributed by atoms with van der Waals surface area (Å²) in [7, 11) is -3.14. The highest BCUT2D eigenvalue weighted by molar-refractivity contribution is 7.90. The maximum Gasteiger partial charge on any atom is 0.175 e. The van der Waals surface area contributed by atoms with E-state index in [1.165, 1.54) is 17.4 Å². The van der Waals surface area contributed by atoms with Crippen molar-refractivity contribution in [2.75, 3.05) is 11.6 Å². The second kappa shape index (κ2) is 6.31. The zero-order valence-corrected chi connectivity index (χ0v) is 13.4. The third-order valence-corrected chi connectivity index (χ3v) is 4.64. The Labute approximate surface area is 126 Å². The third-order valence-electron chi connectivity index (χ3n) is 3.51. The molecule has 0 aromatic heterocycles. The fraction of sp³-hybridized carbons (Fsp3) is 0.294. The molecule has 0 bridgehead atoms. The lowest BCUT2D eigenvalue weighted by Crippen LogP contribution is -2.09.